The molecular weight excluding hydrogens is 364 g/mol. The van der Waals surface area contributed by atoms with Crippen molar-refractivity contribution in [2.45, 2.75) is 117 Å². The van der Waals surface area contributed by atoms with E-state index in [-0.39, 0.29) is 0 Å². The van der Waals surface area contributed by atoms with E-state index in [1.165, 1.54) is 25.7 Å². The van der Waals surface area contributed by atoms with Crippen molar-refractivity contribution in [2.75, 3.05) is 0 Å². The fourth-order valence-corrected chi connectivity index (χ4v) is 17.4. The van der Waals surface area contributed by atoms with Crippen molar-refractivity contribution in [1.82, 2.24) is 0 Å². The lowest BCUT2D eigenvalue weighted by Gasteiger charge is -2.49. The van der Waals surface area contributed by atoms with Crippen LogP contribution in [0.3, 0.4) is 0 Å². The molecule has 29 heavy (non-hydrogen) atoms. The standard InChI is InChI=1S/C28H52Si/c1-17(2)21-11-9-13-23-25(21)15-19(5)27(23)29(7,8)28-20(6)16-26-22(18(3)4)12-10-14-24(26)28/h17-28H,9-16H2,1-8H3. The maximum atomic E-state index is 2.89. The van der Waals surface area contributed by atoms with Gasteiger partial charge in [0.25, 0.3) is 0 Å². The zero-order valence-electron chi connectivity index (χ0n) is 21.1. The van der Waals surface area contributed by atoms with Gasteiger partial charge in [0.1, 0.15) is 0 Å². The highest BCUT2D eigenvalue weighted by atomic mass is 28.3. The van der Waals surface area contributed by atoms with Crippen molar-refractivity contribution in [1.29, 1.82) is 0 Å². The van der Waals surface area contributed by atoms with Crippen molar-refractivity contribution in [2.24, 2.45) is 59.2 Å². The van der Waals surface area contributed by atoms with Crippen LogP contribution in [0.5, 0.6) is 0 Å². The number of rotatable bonds is 4. The largest absolute Gasteiger partial charge is 0.0689 e. The Morgan fingerprint density at radius 1 is 0.586 bits per heavy atom. The van der Waals surface area contributed by atoms with Gasteiger partial charge in [-0.25, -0.2) is 0 Å². The van der Waals surface area contributed by atoms with E-state index in [2.05, 4.69) is 54.6 Å². The molecule has 10 atom stereocenters. The third kappa shape index (κ3) is 3.72. The van der Waals surface area contributed by atoms with Crippen molar-refractivity contribution in [3.8, 4) is 0 Å². The molecule has 0 aliphatic heterocycles. The lowest BCUT2D eigenvalue weighted by Crippen LogP contribution is -2.47. The van der Waals surface area contributed by atoms with Crippen LogP contribution in [0.25, 0.3) is 0 Å². The molecule has 168 valence electrons. The van der Waals surface area contributed by atoms with Crippen LogP contribution in [0.1, 0.15) is 92.9 Å². The average molecular weight is 417 g/mol. The quantitative estimate of drug-likeness (QED) is 0.401. The molecule has 0 radical (unpaired) electrons. The Hall–Kier alpha value is 0.217. The summed E-state index contributed by atoms with van der Waals surface area (Å²) in [6, 6.07) is 0. The molecule has 4 aliphatic rings. The molecule has 4 saturated carbocycles. The lowest BCUT2D eigenvalue weighted by molar-refractivity contribution is 0.132. The van der Waals surface area contributed by atoms with E-state index >= 15 is 0 Å². The molecule has 0 aromatic heterocycles. The monoisotopic (exact) mass is 416 g/mol. The normalized spacial score (nSPS) is 48.2. The Morgan fingerprint density at radius 2 is 0.966 bits per heavy atom. The zero-order chi connectivity index (χ0) is 21.1. The Morgan fingerprint density at radius 3 is 1.31 bits per heavy atom. The fraction of sp³-hybridized carbons (Fsp3) is 1.00. The van der Waals surface area contributed by atoms with Gasteiger partial charge in [0.15, 0.2) is 0 Å². The van der Waals surface area contributed by atoms with Gasteiger partial charge in [-0.05, 0) is 95.9 Å². The summed E-state index contributed by atoms with van der Waals surface area (Å²) in [6.07, 6.45) is 12.4. The van der Waals surface area contributed by atoms with Crippen LogP contribution in [0.15, 0.2) is 0 Å². The maximum absolute atomic E-state index is 2.89. The minimum atomic E-state index is -1.31. The maximum Gasteiger partial charge on any atom is 0.0546 e. The van der Waals surface area contributed by atoms with Crippen molar-refractivity contribution in [3.63, 3.8) is 0 Å². The molecule has 4 rings (SSSR count). The molecule has 4 fully saturated rings. The number of hydrogen-bond acceptors (Lipinski definition) is 0. The molecule has 0 aromatic carbocycles. The van der Waals surface area contributed by atoms with Crippen LogP contribution >= 0.6 is 0 Å². The van der Waals surface area contributed by atoms with E-state index in [4.69, 9.17) is 0 Å². The molecular formula is C28H52Si. The number of fused-ring (bicyclic) bond motifs is 2. The molecule has 0 aromatic rings. The van der Waals surface area contributed by atoms with E-state index < -0.39 is 8.07 Å². The first kappa shape index (κ1) is 22.4. The summed E-state index contributed by atoms with van der Waals surface area (Å²) in [6.45, 7) is 21.2. The second-order valence-corrected chi connectivity index (χ2v) is 18.6. The summed E-state index contributed by atoms with van der Waals surface area (Å²) in [7, 11) is -1.31. The molecule has 4 aliphatic carbocycles. The van der Waals surface area contributed by atoms with E-state index in [0.29, 0.717) is 0 Å². The lowest BCUT2D eigenvalue weighted by atomic mass is 9.69. The first-order chi connectivity index (χ1) is 13.6. The van der Waals surface area contributed by atoms with Gasteiger partial charge in [-0.2, -0.15) is 0 Å². The molecule has 0 N–H and O–H groups in total. The van der Waals surface area contributed by atoms with Crippen molar-refractivity contribution in [3.05, 3.63) is 0 Å². The van der Waals surface area contributed by atoms with E-state index in [0.717, 1.165) is 70.3 Å². The summed E-state index contributed by atoms with van der Waals surface area (Å²) in [5.74, 6) is 10.2. The molecule has 10 unspecified atom stereocenters. The highest BCUT2D eigenvalue weighted by Gasteiger charge is 2.59. The molecule has 0 amide bonds. The molecule has 0 nitrogen and oxygen atoms in total. The van der Waals surface area contributed by atoms with Gasteiger partial charge in [0.2, 0.25) is 0 Å². The minimum absolute atomic E-state index is 0.901. The smallest absolute Gasteiger partial charge is 0.0546 e. The fourth-order valence-electron chi connectivity index (χ4n) is 10.7. The predicted octanol–water partition coefficient (Wildman–Crippen LogP) is 8.89. The molecule has 0 heterocycles. The van der Waals surface area contributed by atoms with Gasteiger partial charge in [-0.1, -0.05) is 80.3 Å². The average Bonchev–Trinajstić information content (AvgIpc) is 3.16. The molecule has 0 bridgehead atoms. The Bertz CT molecular complexity index is 515. The topological polar surface area (TPSA) is 0 Å². The van der Waals surface area contributed by atoms with Gasteiger partial charge in [0.05, 0.1) is 8.07 Å². The van der Waals surface area contributed by atoms with Gasteiger partial charge in [-0.3, -0.25) is 0 Å². The molecule has 1 heteroatoms. The number of hydrogen-bond donors (Lipinski definition) is 0. The summed E-state index contributed by atoms with van der Waals surface area (Å²) in [5.41, 5.74) is 2.22. The third-order valence-corrected chi connectivity index (χ3v) is 16.6. The van der Waals surface area contributed by atoms with Crippen molar-refractivity contribution < 1.29 is 0 Å². The van der Waals surface area contributed by atoms with Crippen LogP contribution in [-0.4, -0.2) is 8.07 Å². The van der Waals surface area contributed by atoms with E-state index in [1.54, 1.807) is 25.7 Å². The van der Waals surface area contributed by atoms with Crippen LogP contribution in [0, 0.1) is 59.2 Å². The molecule has 0 spiro atoms. The van der Waals surface area contributed by atoms with Crippen molar-refractivity contribution >= 4 is 8.07 Å². The van der Waals surface area contributed by atoms with Crippen LogP contribution in [0.4, 0.5) is 0 Å². The predicted molar refractivity (Wildman–Crippen MR) is 131 cm³/mol. The first-order valence-electron chi connectivity index (χ1n) is 13.6. The second-order valence-electron chi connectivity index (χ2n) is 13.6. The van der Waals surface area contributed by atoms with Gasteiger partial charge < -0.3 is 0 Å². The van der Waals surface area contributed by atoms with Gasteiger partial charge >= 0.3 is 0 Å². The third-order valence-electron chi connectivity index (χ3n) is 11.2. The SMILES string of the molecule is CC(C)C1CCCC2C1CC(C)C2[Si](C)(C)C1C(C)CC2C(C(C)C)CCCC21. The van der Waals surface area contributed by atoms with Gasteiger partial charge in [-0.15, -0.1) is 0 Å². The highest BCUT2D eigenvalue weighted by molar-refractivity contribution is 6.80. The Balaban J connectivity index is 1.61. The summed E-state index contributed by atoms with van der Waals surface area (Å²) in [4.78, 5) is 0. The minimum Gasteiger partial charge on any atom is -0.0689 e. The second kappa shape index (κ2) is 8.29. The Labute approximate surface area is 184 Å². The Kier molecular flexibility index (Phi) is 6.41. The van der Waals surface area contributed by atoms with E-state index in [1.807, 2.05) is 0 Å². The summed E-state index contributed by atoms with van der Waals surface area (Å²) >= 11 is 0. The first-order valence-corrected chi connectivity index (χ1v) is 16.8. The van der Waals surface area contributed by atoms with Crippen LogP contribution in [0.2, 0.25) is 24.2 Å². The highest BCUT2D eigenvalue weighted by Crippen LogP contribution is 2.66. The van der Waals surface area contributed by atoms with E-state index in [9.17, 15) is 0 Å². The van der Waals surface area contributed by atoms with Crippen LogP contribution < -0.4 is 0 Å². The zero-order valence-corrected chi connectivity index (χ0v) is 22.1. The van der Waals surface area contributed by atoms with Gasteiger partial charge in [0, 0.05) is 0 Å². The molecule has 0 saturated heterocycles. The van der Waals surface area contributed by atoms with Crippen LogP contribution in [-0.2, 0) is 0 Å². The summed E-state index contributed by atoms with van der Waals surface area (Å²) in [5, 5.41) is 0. The summed E-state index contributed by atoms with van der Waals surface area (Å²) < 4.78 is 0.